The van der Waals surface area contributed by atoms with Crippen LogP contribution in [-0.2, 0) is 0 Å². The number of carbonyl (C=O) groups is 3. The van der Waals surface area contributed by atoms with Gasteiger partial charge in [-0.25, -0.2) is 14.4 Å². The van der Waals surface area contributed by atoms with E-state index in [9.17, 15) is 19.5 Å². The van der Waals surface area contributed by atoms with Crippen LogP contribution in [0.5, 0.6) is 0 Å². The van der Waals surface area contributed by atoms with Crippen LogP contribution in [-0.4, -0.2) is 33.2 Å². The van der Waals surface area contributed by atoms with E-state index in [0.717, 1.165) is 0 Å². The SMILES string of the molecule is O=C(O)c1ccc(-c2ccc(C(=O)O)cc2-c2ccc(C(=O)O)cc2)cc1. The van der Waals surface area contributed by atoms with Crippen molar-refractivity contribution in [3.63, 3.8) is 0 Å². The molecule has 0 unspecified atom stereocenters. The number of carboxylic acid groups (broad SMARTS) is 3. The monoisotopic (exact) mass is 362 g/mol. The largest absolute Gasteiger partial charge is 0.478 e. The Balaban J connectivity index is 2.15. The molecule has 0 bridgehead atoms. The number of carboxylic acids is 3. The molecule has 0 aliphatic heterocycles. The molecule has 3 rings (SSSR count). The lowest BCUT2D eigenvalue weighted by Crippen LogP contribution is -1.99. The molecule has 27 heavy (non-hydrogen) atoms. The van der Waals surface area contributed by atoms with E-state index in [0.29, 0.717) is 22.3 Å². The molecule has 0 radical (unpaired) electrons. The highest BCUT2D eigenvalue weighted by molar-refractivity contribution is 5.95. The zero-order valence-electron chi connectivity index (χ0n) is 13.9. The molecule has 0 aliphatic rings. The van der Waals surface area contributed by atoms with Gasteiger partial charge in [-0.05, 0) is 58.7 Å². The standard InChI is InChI=1S/C21H14O6/c22-19(23)14-5-1-12(2-6-14)17-10-9-16(21(26)27)11-18(17)13-3-7-15(8-4-13)20(24)25/h1-11H,(H,22,23)(H,24,25)(H,26,27). The molecule has 0 atom stereocenters. The highest BCUT2D eigenvalue weighted by Crippen LogP contribution is 2.33. The van der Waals surface area contributed by atoms with Gasteiger partial charge >= 0.3 is 17.9 Å². The number of hydrogen-bond acceptors (Lipinski definition) is 3. The van der Waals surface area contributed by atoms with Crippen LogP contribution in [0.1, 0.15) is 31.1 Å². The first-order chi connectivity index (χ1) is 12.9. The Morgan fingerprint density at radius 2 is 0.852 bits per heavy atom. The highest BCUT2D eigenvalue weighted by atomic mass is 16.4. The van der Waals surface area contributed by atoms with Crippen molar-refractivity contribution < 1.29 is 29.7 Å². The van der Waals surface area contributed by atoms with Gasteiger partial charge in [0.05, 0.1) is 16.7 Å². The summed E-state index contributed by atoms with van der Waals surface area (Å²) in [5, 5.41) is 27.4. The fourth-order valence-corrected chi connectivity index (χ4v) is 2.75. The molecule has 0 amide bonds. The van der Waals surface area contributed by atoms with E-state index in [-0.39, 0.29) is 16.7 Å². The summed E-state index contributed by atoms with van der Waals surface area (Å²) >= 11 is 0. The minimum absolute atomic E-state index is 0.0956. The molecule has 0 saturated heterocycles. The second-order valence-electron chi connectivity index (χ2n) is 5.83. The van der Waals surface area contributed by atoms with E-state index in [4.69, 9.17) is 10.2 Å². The highest BCUT2D eigenvalue weighted by Gasteiger charge is 2.13. The maximum absolute atomic E-state index is 11.4. The summed E-state index contributed by atoms with van der Waals surface area (Å²) in [6.45, 7) is 0. The van der Waals surface area contributed by atoms with Crippen molar-refractivity contribution in [2.24, 2.45) is 0 Å². The zero-order chi connectivity index (χ0) is 19.6. The summed E-state index contributed by atoms with van der Waals surface area (Å²) in [4.78, 5) is 33.4. The van der Waals surface area contributed by atoms with Crippen molar-refractivity contribution >= 4 is 17.9 Å². The van der Waals surface area contributed by atoms with Gasteiger partial charge in [-0.1, -0.05) is 30.3 Å². The number of benzene rings is 3. The van der Waals surface area contributed by atoms with Crippen LogP contribution < -0.4 is 0 Å². The van der Waals surface area contributed by atoms with Gasteiger partial charge < -0.3 is 15.3 Å². The second-order valence-corrected chi connectivity index (χ2v) is 5.83. The van der Waals surface area contributed by atoms with Gasteiger partial charge in [0.1, 0.15) is 0 Å². The molecule has 0 spiro atoms. The molecule has 0 fully saturated rings. The fourth-order valence-electron chi connectivity index (χ4n) is 2.75. The van der Waals surface area contributed by atoms with Crippen LogP contribution >= 0.6 is 0 Å². The van der Waals surface area contributed by atoms with Gasteiger partial charge in [0.25, 0.3) is 0 Å². The third-order valence-electron chi connectivity index (χ3n) is 4.15. The van der Waals surface area contributed by atoms with Gasteiger partial charge in [-0.2, -0.15) is 0 Å². The zero-order valence-corrected chi connectivity index (χ0v) is 13.9. The van der Waals surface area contributed by atoms with Crippen LogP contribution in [0.25, 0.3) is 22.3 Å². The van der Waals surface area contributed by atoms with Crippen molar-refractivity contribution in [2.75, 3.05) is 0 Å². The summed E-state index contributed by atoms with van der Waals surface area (Å²) in [6, 6.07) is 17.0. The lowest BCUT2D eigenvalue weighted by atomic mass is 9.92. The van der Waals surface area contributed by atoms with Crippen LogP contribution in [0.15, 0.2) is 66.7 Å². The molecule has 6 heteroatoms. The maximum Gasteiger partial charge on any atom is 0.335 e. The van der Waals surface area contributed by atoms with Crippen molar-refractivity contribution in [1.82, 2.24) is 0 Å². The summed E-state index contributed by atoms with van der Waals surface area (Å²) in [6.07, 6.45) is 0. The summed E-state index contributed by atoms with van der Waals surface area (Å²) in [5.74, 6) is -3.16. The summed E-state index contributed by atoms with van der Waals surface area (Å²) < 4.78 is 0. The number of rotatable bonds is 5. The summed E-state index contributed by atoms with van der Waals surface area (Å²) in [7, 11) is 0. The Morgan fingerprint density at radius 3 is 1.26 bits per heavy atom. The van der Waals surface area contributed by atoms with Crippen molar-refractivity contribution in [1.29, 1.82) is 0 Å². The minimum Gasteiger partial charge on any atom is -0.478 e. The Morgan fingerprint density at radius 1 is 0.481 bits per heavy atom. The average molecular weight is 362 g/mol. The van der Waals surface area contributed by atoms with E-state index < -0.39 is 17.9 Å². The van der Waals surface area contributed by atoms with Gasteiger partial charge in [0.15, 0.2) is 0 Å². The van der Waals surface area contributed by atoms with Crippen LogP contribution in [0, 0.1) is 0 Å². The van der Waals surface area contributed by atoms with Crippen molar-refractivity contribution in [2.45, 2.75) is 0 Å². The van der Waals surface area contributed by atoms with E-state index >= 15 is 0 Å². The number of hydrogen-bond donors (Lipinski definition) is 3. The Labute approximate surface area is 154 Å². The predicted molar refractivity (Wildman–Crippen MR) is 98.2 cm³/mol. The Kier molecular flexibility index (Phi) is 4.72. The molecule has 0 aromatic heterocycles. The van der Waals surface area contributed by atoms with Gasteiger partial charge in [0.2, 0.25) is 0 Å². The van der Waals surface area contributed by atoms with Crippen LogP contribution in [0.4, 0.5) is 0 Å². The first kappa shape index (κ1) is 17.9. The summed E-state index contributed by atoms with van der Waals surface area (Å²) in [5.41, 5.74) is 3.05. The molecule has 3 aromatic carbocycles. The average Bonchev–Trinajstić information content (AvgIpc) is 2.67. The van der Waals surface area contributed by atoms with E-state index in [1.54, 1.807) is 30.3 Å². The molecule has 134 valence electrons. The third-order valence-corrected chi connectivity index (χ3v) is 4.15. The lowest BCUT2D eigenvalue weighted by molar-refractivity contribution is 0.0686. The quantitative estimate of drug-likeness (QED) is 0.629. The van der Waals surface area contributed by atoms with Gasteiger partial charge in [-0.15, -0.1) is 0 Å². The molecule has 0 saturated carbocycles. The van der Waals surface area contributed by atoms with E-state index in [2.05, 4.69) is 0 Å². The molecule has 3 aromatic rings. The molecule has 0 aliphatic carbocycles. The van der Waals surface area contributed by atoms with E-state index in [1.807, 2.05) is 0 Å². The smallest absolute Gasteiger partial charge is 0.335 e. The molecule has 0 heterocycles. The van der Waals surface area contributed by atoms with E-state index in [1.165, 1.54) is 36.4 Å². The van der Waals surface area contributed by atoms with Crippen LogP contribution in [0.3, 0.4) is 0 Å². The van der Waals surface area contributed by atoms with Crippen LogP contribution in [0.2, 0.25) is 0 Å². The lowest BCUT2D eigenvalue weighted by Gasteiger charge is -2.12. The molecular weight excluding hydrogens is 348 g/mol. The third kappa shape index (κ3) is 3.69. The van der Waals surface area contributed by atoms with Crippen molar-refractivity contribution in [3.8, 4) is 22.3 Å². The predicted octanol–water partition coefficient (Wildman–Crippen LogP) is 4.12. The van der Waals surface area contributed by atoms with Gasteiger partial charge in [-0.3, -0.25) is 0 Å². The normalized spacial score (nSPS) is 10.4. The van der Waals surface area contributed by atoms with Crippen molar-refractivity contribution in [3.05, 3.63) is 83.4 Å². The Bertz CT molecular complexity index is 1030. The second kappa shape index (κ2) is 7.13. The first-order valence-corrected chi connectivity index (χ1v) is 7.91. The topological polar surface area (TPSA) is 112 Å². The fraction of sp³-hybridized carbons (Fsp3) is 0. The van der Waals surface area contributed by atoms with Gasteiger partial charge in [0, 0.05) is 0 Å². The minimum atomic E-state index is -1.08. The molecule has 6 nitrogen and oxygen atoms in total. The Hall–Kier alpha value is -3.93. The first-order valence-electron chi connectivity index (χ1n) is 7.91. The molecular formula is C21H14O6. The number of aromatic carboxylic acids is 3. The molecule has 3 N–H and O–H groups in total. The maximum atomic E-state index is 11.4.